The van der Waals surface area contributed by atoms with Crippen molar-refractivity contribution in [3.63, 3.8) is 0 Å². The maximum absolute atomic E-state index is 12.3. The molecule has 1 aromatic carbocycles. The lowest BCUT2D eigenvalue weighted by Crippen LogP contribution is -2.39. The summed E-state index contributed by atoms with van der Waals surface area (Å²) < 4.78 is 11.2. The van der Waals surface area contributed by atoms with E-state index in [0.717, 1.165) is 34.1 Å². The Kier molecular flexibility index (Phi) is 7.25. The summed E-state index contributed by atoms with van der Waals surface area (Å²) in [5.74, 6) is 3.34. The first-order valence-electron chi connectivity index (χ1n) is 8.22. The van der Waals surface area contributed by atoms with Gasteiger partial charge in [-0.2, -0.15) is 11.8 Å². The summed E-state index contributed by atoms with van der Waals surface area (Å²) in [5.41, 5.74) is 2.25. The number of ether oxygens (including phenoxy) is 1. The third kappa shape index (κ3) is 5.34. The summed E-state index contributed by atoms with van der Waals surface area (Å²) in [4.78, 5) is 12.3. The fourth-order valence-corrected chi connectivity index (χ4v) is 3.01. The Morgan fingerprint density at radius 1 is 1.29 bits per heavy atom. The average molecular weight is 347 g/mol. The Morgan fingerprint density at radius 3 is 2.83 bits per heavy atom. The lowest BCUT2D eigenvalue weighted by Gasteiger charge is -2.19. The number of thioether (sulfide) groups is 1. The molecule has 0 aliphatic rings. The van der Waals surface area contributed by atoms with Crippen LogP contribution in [0.1, 0.15) is 30.2 Å². The van der Waals surface area contributed by atoms with E-state index in [1.54, 1.807) is 18.0 Å². The predicted molar refractivity (Wildman–Crippen MR) is 98.5 cm³/mol. The van der Waals surface area contributed by atoms with Crippen LogP contribution < -0.4 is 10.1 Å². The average Bonchev–Trinajstić information content (AvgIpc) is 3.09. The van der Waals surface area contributed by atoms with Crippen LogP contribution >= 0.6 is 11.8 Å². The van der Waals surface area contributed by atoms with E-state index in [4.69, 9.17) is 9.15 Å². The molecule has 5 heteroatoms. The maximum atomic E-state index is 12.3. The van der Waals surface area contributed by atoms with E-state index >= 15 is 0 Å². The molecule has 1 atom stereocenters. The van der Waals surface area contributed by atoms with Crippen LogP contribution in [0, 0.1) is 13.8 Å². The molecule has 0 radical (unpaired) electrons. The van der Waals surface area contributed by atoms with E-state index in [1.165, 1.54) is 0 Å². The fourth-order valence-electron chi connectivity index (χ4n) is 2.26. The van der Waals surface area contributed by atoms with Crippen LogP contribution in [0.2, 0.25) is 0 Å². The molecule has 0 aliphatic heterocycles. The number of carbonyl (C=O) groups excluding carboxylic acids is 1. The Bertz CT molecular complexity index is 640. The highest BCUT2D eigenvalue weighted by Gasteiger charge is 2.18. The number of hydrogen-bond acceptors (Lipinski definition) is 4. The molecule has 1 unspecified atom stereocenters. The summed E-state index contributed by atoms with van der Waals surface area (Å²) in [7, 11) is 0. The standard InChI is InChI=1S/C19H25NO3S/c1-4-17(23-18-9-5-7-14(2)15(18)3)19(21)20-10-12-24-13-16-8-6-11-22-16/h5-9,11,17H,4,10,12-13H2,1-3H3,(H,20,21). The Hall–Kier alpha value is -1.88. The van der Waals surface area contributed by atoms with E-state index in [-0.39, 0.29) is 5.91 Å². The van der Waals surface area contributed by atoms with Gasteiger partial charge < -0.3 is 14.5 Å². The molecular formula is C19H25NO3S. The molecule has 1 amide bonds. The molecule has 4 nitrogen and oxygen atoms in total. The zero-order chi connectivity index (χ0) is 17.4. The van der Waals surface area contributed by atoms with E-state index < -0.39 is 6.10 Å². The van der Waals surface area contributed by atoms with Crippen molar-refractivity contribution in [1.29, 1.82) is 0 Å². The molecule has 0 fully saturated rings. The summed E-state index contributed by atoms with van der Waals surface area (Å²) in [6.07, 6.45) is 1.85. The second-order valence-corrected chi connectivity index (χ2v) is 6.74. The van der Waals surface area contributed by atoms with Gasteiger partial charge in [-0.3, -0.25) is 4.79 Å². The maximum Gasteiger partial charge on any atom is 0.261 e. The molecule has 1 N–H and O–H groups in total. The number of rotatable bonds is 9. The Morgan fingerprint density at radius 2 is 2.12 bits per heavy atom. The minimum Gasteiger partial charge on any atom is -0.480 e. The van der Waals surface area contributed by atoms with E-state index in [9.17, 15) is 4.79 Å². The molecule has 130 valence electrons. The number of aryl methyl sites for hydroxylation is 1. The molecule has 24 heavy (non-hydrogen) atoms. The van der Waals surface area contributed by atoms with Gasteiger partial charge in [0, 0.05) is 12.3 Å². The molecule has 1 heterocycles. The Balaban J connectivity index is 1.75. The fraction of sp³-hybridized carbons (Fsp3) is 0.421. The first-order chi connectivity index (χ1) is 11.6. The van der Waals surface area contributed by atoms with Crippen molar-refractivity contribution in [3.8, 4) is 5.75 Å². The van der Waals surface area contributed by atoms with Gasteiger partial charge in [-0.15, -0.1) is 0 Å². The van der Waals surface area contributed by atoms with E-state index in [2.05, 4.69) is 5.32 Å². The van der Waals surface area contributed by atoms with Crippen LogP contribution in [-0.2, 0) is 10.5 Å². The molecule has 0 saturated carbocycles. The highest BCUT2D eigenvalue weighted by Crippen LogP contribution is 2.22. The van der Waals surface area contributed by atoms with Crippen LogP contribution in [0.5, 0.6) is 5.75 Å². The van der Waals surface area contributed by atoms with Crippen LogP contribution in [-0.4, -0.2) is 24.3 Å². The molecule has 0 spiro atoms. The molecule has 1 aromatic heterocycles. The molecule has 2 aromatic rings. The molecule has 0 aliphatic carbocycles. The summed E-state index contributed by atoms with van der Waals surface area (Å²) in [5, 5.41) is 2.95. The van der Waals surface area contributed by atoms with Gasteiger partial charge in [0.15, 0.2) is 6.10 Å². The molecular weight excluding hydrogens is 322 g/mol. The van der Waals surface area contributed by atoms with Gasteiger partial charge in [-0.25, -0.2) is 0 Å². The molecule has 0 bridgehead atoms. The normalized spacial score (nSPS) is 12.0. The SMILES string of the molecule is CCC(Oc1cccc(C)c1C)C(=O)NCCSCc1ccco1. The largest absolute Gasteiger partial charge is 0.480 e. The lowest BCUT2D eigenvalue weighted by atomic mass is 10.1. The highest BCUT2D eigenvalue weighted by atomic mass is 32.2. The first-order valence-corrected chi connectivity index (χ1v) is 9.38. The minimum absolute atomic E-state index is 0.0583. The van der Waals surface area contributed by atoms with Gasteiger partial charge in [0.05, 0.1) is 12.0 Å². The number of hydrogen-bond donors (Lipinski definition) is 1. The topological polar surface area (TPSA) is 51.5 Å². The van der Waals surface area contributed by atoms with Gasteiger partial charge in [0.25, 0.3) is 5.91 Å². The van der Waals surface area contributed by atoms with Gasteiger partial charge in [-0.1, -0.05) is 19.1 Å². The van der Waals surface area contributed by atoms with Gasteiger partial charge in [-0.05, 0) is 49.6 Å². The zero-order valence-electron chi connectivity index (χ0n) is 14.5. The van der Waals surface area contributed by atoms with Crippen LogP contribution in [0.4, 0.5) is 0 Å². The van der Waals surface area contributed by atoms with Crippen molar-refractivity contribution >= 4 is 17.7 Å². The lowest BCUT2D eigenvalue weighted by molar-refractivity contribution is -0.128. The van der Waals surface area contributed by atoms with Crippen molar-refractivity contribution in [1.82, 2.24) is 5.32 Å². The zero-order valence-corrected chi connectivity index (χ0v) is 15.3. The van der Waals surface area contributed by atoms with Crippen molar-refractivity contribution in [2.24, 2.45) is 0 Å². The van der Waals surface area contributed by atoms with E-state index in [1.807, 2.05) is 51.1 Å². The van der Waals surface area contributed by atoms with Crippen molar-refractivity contribution in [2.45, 2.75) is 39.0 Å². The number of furan rings is 1. The predicted octanol–water partition coefficient (Wildman–Crippen LogP) is 4.10. The third-order valence-electron chi connectivity index (χ3n) is 3.86. The van der Waals surface area contributed by atoms with Crippen molar-refractivity contribution in [3.05, 3.63) is 53.5 Å². The van der Waals surface area contributed by atoms with Crippen LogP contribution in [0.3, 0.4) is 0 Å². The van der Waals surface area contributed by atoms with Gasteiger partial charge >= 0.3 is 0 Å². The van der Waals surface area contributed by atoms with E-state index in [0.29, 0.717) is 13.0 Å². The van der Waals surface area contributed by atoms with Crippen LogP contribution in [0.15, 0.2) is 41.0 Å². The number of benzene rings is 1. The molecule has 2 rings (SSSR count). The number of carbonyl (C=O) groups is 1. The summed E-state index contributed by atoms with van der Waals surface area (Å²) in [6.45, 7) is 6.64. The second kappa shape index (κ2) is 9.42. The Labute approximate surface area is 148 Å². The van der Waals surface area contributed by atoms with Crippen molar-refractivity contribution in [2.75, 3.05) is 12.3 Å². The number of nitrogens with one attached hydrogen (secondary N) is 1. The van der Waals surface area contributed by atoms with Gasteiger partial charge in [0.1, 0.15) is 11.5 Å². The number of amides is 1. The summed E-state index contributed by atoms with van der Waals surface area (Å²) >= 11 is 1.73. The quantitative estimate of drug-likeness (QED) is 0.694. The molecule has 0 saturated heterocycles. The smallest absolute Gasteiger partial charge is 0.261 e. The summed E-state index contributed by atoms with van der Waals surface area (Å²) in [6, 6.07) is 9.75. The minimum atomic E-state index is -0.458. The monoisotopic (exact) mass is 347 g/mol. The third-order valence-corrected chi connectivity index (χ3v) is 4.84. The second-order valence-electron chi connectivity index (χ2n) is 5.64. The van der Waals surface area contributed by atoms with Crippen molar-refractivity contribution < 1.29 is 13.9 Å². The van der Waals surface area contributed by atoms with Gasteiger partial charge in [0.2, 0.25) is 0 Å². The van der Waals surface area contributed by atoms with Crippen LogP contribution in [0.25, 0.3) is 0 Å². The highest BCUT2D eigenvalue weighted by molar-refractivity contribution is 7.98. The first kappa shape index (κ1) is 18.5.